The Bertz CT molecular complexity index is 251. The Morgan fingerprint density at radius 2 is 2.06 bits per heavy atom. The first-order chi connectivity index (χ1) is 8.02. The molecule has 0 amide bonds. The van der Waals surface area contributed by atoms with Crippen molar-refractivity contribution in [2.75, 3.05) is 13.1 Å². The Labute approximate surface area is 106 Å². The van der Waals surface area contributed by atoms with Gasteiger partial charge < -0.3 is 10.0 Å². The predicted octanol–water partition coefficient (Wildman–Crippen LogP) is 3.05. The fourth-order valence-electron chi connectivity index (χ4n) is 3.81. The predicted molar refractivity (Wildman–Crippen MR) is 72.0 cm³/mol. The molecular formula is C15H29NO. The van der Waals surface area contributed by atoms with Gasteiger partial charge in [-0.05, 0) is 56.4 Å². The summed E-state index contributed by atoms with van der Waals surface area (Å²) in [6.45, 7) is 9.38. The van der Waals surface area contributed by atoms with Crippen molar-refractivity contribution in [3.8, 4) is 0 Å². The zero-order chi connectivity index (χ0) is 12.5. The Morgan fingerprint density at radius 1 is 1.29 bits per heavy atom. The van der Waals surface area contributed by atoms with Gasteiger partial charge in [-0.3, -0.25) is 0 Å². The summed E-state index contributed by atoms with van der Waals surface area (Å²) in [7, 11) is 0. The van der Waals surface area contributed by atoms with Gasteiger partial charge in [0.05, 0.1) is 6.10 Å². The second-order valence-electron chi connectivity index (χ2n) is 6.93. The molecule has 2 heteroatoms. The molecule has 3 unspecified atom stereocenters. The van der Waals surface area contributed by atoms with E-state index in [4.69, 9.17) is 0 Å². The lowest BCUT2D eigenvalue weighted by Gasteiger charge is -2.41. The number of aliphatic hydroxyl groups excluding tert-OH is 1. The van der Waals surface area contributed by atoms with E-state index in [0.29, 0.717) is 11.3 Å². The van der Waals surface area contributed by atoms with Gasteiger partial charge in [0.1, 0.15) is 0 Å². The Hall–Kier alpha value is -0.0800. The molecule has 0 spiro atoms. The molecule has 1 saturated heterocycles. The van der Waals surface area contributed by atoms with Gasteiger partial charge in [-0.15, -0.1) is 0 Å². The van der Waals surface area contributed by atoms with E-state index >= 15 is 0 Å². The van der Waals surface area contributed by atoms with Crippen molar-refractivity contribution in [2.45, 2.75) is 71.4 Å². The summed E-state index contributed by atoms with van der Waals surface area (Å²) in [5.41, 5.74) is 0.436. The molecule has 2 aliphatic rings. The quantitative estimate of drug-likeness (QED) is 0.818. The fourth-order valence-corrected chi connectivity index (χ4v) is 3.81. The second-order valence-corrected chi connectivity index (χ2v) is 6.93. The van der Waals surface area contributed by atoms with Gasteiger partial charge in [0, 0.05) is 12.6 Å². The van der Waals surface area contributed by atoms with E-state index in [0.717, 1.165) is 19.0 Å². The number of likely N-dealkylation sites (tertiary alicyclic amines) is 1. The molecule has 2 nitrogen and oxygen atoms in total. The molecule has 2 rings (SSSR count). The highest BCUT2D eigenvalue weighted by Crippen LogP contribution is 2.39. The first-order valence-corrected chi connectivity index (χ1v) is 7.44. The van der Waals surface area contributed by atoms with Crippen molar-refractivity contribution in [3.63, 3.8) is 0 Å². The molecule has 0 radical (unpaired) electrons. The smallest absolute Gasteiger partial charge is 0.0581 e. The van der Waals surface area contributed by atoms with Crippen molar-refractivity contribution in [1.29, 1.82) is 0 Å². The summed E-state index contributed by atoms with van der Waals surface area (Å²) in [5, 5.41) is 10.2. The zero-order valence-electron chi connectivity index (χ0n) is 11.8. The molecule has 1 N–H and O–H groups in total. The van der Waals surface area contributed by atoms with Crippen LogP contribution in [0.25, 0.3) is 0 Å². The maximum absolute atomic E-state index is 10.2. The Balaban J connectivity index is 1.92. The third-order valence-corrected chi connectivity index (χ3v) is 4.92. The van der Waals surface area contributed by atoms with E-state index in [1.54, 1.807) is 0 Å². The van der Waals surface area contributed by atoms with Gasteiger partial charge in [0.2, 0.25) is 0 Å². The minimum atomic E-state index is -0.0545. The van der Waals surface area contributed by atoms with E-state index in [2.05, 4.69) is 25.7 Å². The largest absolute Gasteiger partial charge is 0.393 e. The van der Waals surface area contributed by atoms with Crippen LogP contribution in [0.1, 0.15) is 59.3 Å². The summed E-state index contributed by atoms with van der Waals surface area (Å²) in [4.78, 5) is 2.63. The molecule has 1 aliphatic heterocycles. The van der Waals surface area contributed by atoms with E-state index in [1.165, 1.54) is 38.6 Å². The molecule has 0 aromatic carbocycles. The van der Waals surface area contributed by atoms with Crippen LogP contribution in [0.2, 0.25) is 0 Å². The van der Waals surface area contributed by atoms with E-state index in [1.807, 2.05) is 0 Å². The molecule has 1 aliphatic carbocycles. The van der Waals surface area contributed by atoms with Crippen LogP contribution in [-0.4, -0.2) is 35.2 Å². The van der Waals surface area contributed by atoms with Crippen molar-refractivity contribution in [1.82, 2.24) is 4.90 Å². The van der Waals surface area contributed by atoms with Gasteiger partial charge >= 0.3 is 0 Å². The summed E-state index contributed by atoms with van der Waals surface area (Å²) in [6.07, 6.45) is 7.31. The SMILES string of the molecule is CCC1CCCN1CC1CC(C)(C)CCC1O. The average Bonchev–Trinajstić information content (AvgIpc) is 2.70. The average molecular weight is 239 g/mol. The third kappa shape index (κ3) is 3.23. The van der Waals surface area contributed by atoms with Gasteiger partial charge in [0.25, 0.3) is 0 Å². The number of hydrogen-bond acceptors (Lipinski definition) is 2. The summed E-state index contributed by atoms with van der Waals surface area (Å²) in [5.74, 6) is 0.505. The minimum Gasteiger partial charge on any atom is -0.393 e. The van der Waals surface area contributed by atoms with Crippen LogP contribution in [0, 0.1) is 11.3 Å². The van der Waals surface area contributed by atoms with Crippen molar-refractivity contribution >= 4 is 0 Å². The highest BCUT2D eigenvalue weighted by Gasteiger charge is 2.36. The molecule has 3 atom stereocenters. The second kappa shape index (κ2) is 5.27. The molecule has 1 saturated carbocycles. The molecule has 100 valence electrons. The van der Waals surface area contributed by atoms with Crippen LogP contribution in [0.3, 0.4) is 0 Å². The molecule has 0 aromatic rings. The maximum Gasteiger partial charge on any atom is 0.0581 e. The highest BCUT2D eigenvalue weighted by atomic mass is 16.3. The molecular weight excluding hydrogens is 210 g/mol. The van der Waals surface area contributed by atoms with Gasteiger partial charge in [-0.2, -0.15) is 0 Å². The van der Waals surface area contributed by atoms with Crippen LogP contribution in [-0.2, 0) is 0 Å². The molecule has 17 heavy (non-hydrogen) atoms. The van der Waals surface area contributed by atoms with Crippen LogP contribution in [0.15, 0.2) is 0 Å². The van der Waals surface area contributed by atoms with E-state index in [9.17, 15) is 5.11 Å². The lowest BCUT2D eigenvalue weighted by Crippen LogP contribution is -2.42. The molecule has 0 aromatic heterocycles. The Morgan fingerprint density at radius 3 is 2.76 bits per heavy atom. The first-order valence-electron chi connectivity index (χ1n) is 7.44. The zero-order valence-corrected chi connectivity index (χ0v) is 11.8. The maximum atomic E-state index is 10.2. The van der Waals surface area contributed by atoms with Gasteiger partial charge in [0.15, 0.2) is 0 Å². The standard InChI is InChI=1S/C15H29NO/c1-4-13-6-5-9-16(13)11-12-10-15(2,3)8-7-14(12)17/h12-14,17H,4-11H2,1-3H3. The summed E-state index contributed by atoms with van der Waals surface area (Å²) < 4.78 is 0. The van der Waals surface area contributed by atoms with Crippen LogP contribution in [0.4, 0.5) is 0 Å². The highest BCUT2D eigenvalue weighted by molar-refractivity contribution is 4.89. The van der Waals surface area contributed by atoms with Crippen LogP contribution >= 0.6 is 0 Å². The fraction of sp³-hybridized carbons (Fsp3) is 1.00. The summed E-state index contributed by atoms with van der Waals surface area (Å²) >= 11 is 0. The minimum absolute atomic E-state index is 0.0545. The van der Waals surface area contributed by atoms with E-state index in [-0.39, 0.29) is 6.10 Å². The Kier molecular flexibility index (Phi) is 4.14. The van der Waals surface area contributed by atoms with Crippen molar-refractivity contribution < 1.29 is 5.11 Å². The lowest BCUT2D eigenvalue weighted by molar-refractivity contribution is 0.00216. The molecule has 1 heterocycles. The van der Waals surface area contributed by atoms with Crippen LogP contribution in [0.5, 0.6) is 0 Å². The van der Waals surface area contributed by atoms with Gasteiger partial charge in [-0.25, -0.2) is 0 Å². The number of aliphatic hydroxyl groups is 1. The molecule has 2 fully saturated rings. The number of nitrogens with zero attached hydrogens (tertiary/aromatic N) is 1. The monoisotopic (exact) mass is 239 g/mol. The molecule has 0 bridgehead atoms. The first kappa shape index (κ1) is 13.4. The van der Waals surface area contributed by atoms with E-state index < -0.39 is 0 Å². The normalized spacial score (nSPS) is 38.5. The lowest BCUT2D eigenvalue weighted by atomic mass is 9.70. The third-order valence-electron chi connectivity index (χ3n) is 4.92. The topological polar surface area (TPSA) is 23.5 Å². The number of hydrogen-bond donors (Lipinski definition) is 1. The van der Waals surface area contributed by atoms with Gasteiger partial charge in [-0.1, -0.05) is 20.8 Å². The summed E-state index contributed by atoms with van der Waals surface area (Å²) in [6, 6.07) is 0.784. The van der Waals surface area contributed by atoms with Crippen LogP contribution < -0.4 is 0 Å². The van der Waals surface area contributed by atoms with Crippen molar-refractivity contribution in [2.24, 2.45) is 11.3 Å². The van der Waals surface area contributed by atoms with Crippen molar-refractivity contribution in [3.05, 3.63) is 0 Å². The number of rotatable bonds is 3.